The van der Waals surface area contributed by atoms with E-state index < -0.39 is 16.0 Å². The minimum atomic E-state index is -3.61. The third-order valence-electron chi connectivity index (χ3n) is 4.08. The van der Waals surface area contributed by atoms with Crippen LogP contribution >= 0.6 is 0 Å². The summed E-state index contributed by atoms with van der Waals surface area (Å²) in [7, 11) is -3.61. The number of morpholine rings is 1. The SMILES string of the molecule is CC(C)CCNC(=O)COC(=O)c1ccc(S(=O)(=O)N2CCOCC2)cc1. The minimum Gasteiger partial charge on any atom is -0.452 e. The van der Waals surface area contributed by atoms with Crippen LogP contribution in [0.25, 0.3) is 0 Å². The summed E-state index contributed by atoms with van der Waals surface area (Å²) in [6.07, 6.45) is 0.846. The first-order valence-electron chi connectivity index (χ1n) is 8.92. The van der Waals surface area contributed by atoms with Gasteiger partial charge in [0.1, 0.15) is 0 Å². The first kappa shape index (κ1) is 21.3. The highest BCUT2D eigenvalue weighted by Crippen LogP contribution is 2.18. The van der Waals surface area contributed by atoms with Crippen molar-refractivity contribution in [3.8, 4) is 0 Å². The van der Waals surface area contributed by atoms with E-state index in [1.165, 1.54) is 28.6 Å². The lowest BCUT2D eigenvalue weighted by atomic mass is 10.1. The van der Waals surface area contributed by atoms with Crippen molar-refractivity contribution in [3.63, 3.8) is 0 Å². The molecule has 0 bridgehead atoms. The second-order valence-corrected chi connectivity index (χ2v) is 8.59. The van der Waals surface area contributed by atoms with E-state index >= 15 is 0 Å². The van der Waals surface area contributed by atoms with Crippen molar-refractivity contribution in [2.75, 3.05) is 39.5 Å². The Morgan fingerprint density at radius 3 is 2.41 bits per heavy atom. The number of ether oxygens (including phenoxy) is 2. The number of benzene rings is 1. The maximum absolute atomic E-state index is 12.5. The molecule has 0 aliphatic carbocycles. The van der Waals surface area contributed by atoms with Gasteiger partial charge in [-0.3, -0.25) is 4.79 Å². The van der Waals surface area contributed by atoms with Crippen LogP contribution in [-0.2, 0) is 24.3 Å². The smallest absolute Gasteiger partial charge is 0.338 e. The lowest BCUT2D eigenvalue weighted by molar-refractivity contribution is -0.124. The van der Waals surface area contributed by atoms with Gasteiger partial charge >= 0.3 is 5.97 Å². The monoisotopic (exact) mass is 398 g/mol. The fourth-order valence-corrected chi connectivity index (χ4v) is 3.87. The zero-order valence-electron chi connectivity index (χ0n) is 15.6. The highest BCUT2D eigenvalue weighted by Gasteiger charge is 2.26. The summed E-state index contributed by atoms with van der Waals surface area (Å²) in [4.78, 5) is 23.8. The van der Waals surface area contributed by atoms with Gasteiger partial charge in [-0.1, -0.05) is 13.8 Å². The van der Waals surface area contributed by atoms with Crippen LogP contribution in [-0.4, -0.2) is 64.1 Å². The summed E-state index contributed by atoms with van der Waals surface area (Å²) in [6.45, 7) is 5.60. The largest absolute Gasteiger partial charge is 0.452 e. The lowest BCUT2D eigenvalue weighted by Gasteiger charge is -2.26. The molecule has 1 aromatic carbocycles. The third-order valence-corrected chi connectivity index (χ3v) is 5.99. The molecule has 1 heterocycles. The van der Waals surface area contributed by atoms with Crippen LogP contribution in [0.4, 0.5) is 0 Å². The fourth-order valence-electron chi connectivity index (χ4n) is 2.46. The number of nitrogens with zero attached hydrogens (tertiary/aromatic N) is 1. The Labute approximate surface area is 159 Å². The topological polar surface area (TPSA) is 102 Å². The Balaban J connectivity index is 1.88. The minimum absolute atomic E-state index is 0.104. The molecule has 1 amide bonds. The molecule has 9 heteroatoms. The summed E-state index contributed by atoms with van der Waals surface area (Å²) >= 11 is 0. The van der Waals surface area contributed by atoms with Gasteiger partial charge in [0.2, 0.25) is 10.0 Å². The molecular weight excluding hydrogens is 372 g/mol. The van der Waals surface area contributed by atoms with Gasteiger partial charge in [0.05, 0.1) is 23.7 Å². The van der Waals surface area contributed by atoms with Crippen LogP contribution in [0.5, 0.6) is 0 Å². The van der Waals surface area contributed by atoms with Crippen LogP contribution in [0.1, 0.15) is 30.6 Å². The Morgan fingerprint density at radius 2 is 1.81 bits per heavy atom. The molecule has 27 heavy (non-hydrogen) atoms. The Hall–Kier alpha value is -1.97. The van der Waals surface area contributed by atoms with Gasteiger partial charge in [-0.25, -0.2) is 13.2 Å². The Morgan fingerprint density at radius 1 is 1.19 bits per heavy atom. The molecule has 8 nitrogen and oxygen atoms in total. The van der Waals surface area contributed by atoms with E-state index in [1.54, 1.807) is 0 Å². The summed E-state index contributed by atoms with van der Waals surface area (Å²) in [6, 6.07) is 5.49. The van der Waals surface area contributed by atoms with Crippen LogP contribution in [0.3, 0.4) is 0 Å². The highest BCUT2D eigenvalue weighted by atomic mass is 32.2. The zero-order chi connectivity index (χ0) is 19.9. The van der Waals surface area contributed by atoms with E-state index in [1.807, 2.05) is 0 Å². The predicted molar refractivity (Wildman–Crippen MR) is 98.8 cm³/mol. The van der Waals surface area contributed by atoms with Gasteiger partial charge < -0.3 is 14.8 Å². The van der Waals surface area contributed by atoms with E-state index in [0.29, 0.717) is 38.8 Å². The molecule has 150 valence electrons. The van der Waals surface area contributed by atoms with Crippen molar-refractivity contribution >= 4 is 21.9 Å². The maximum atomic E-state index is 12.5. The Bertz CT molecular complexity index is 740. The van der Waals surface area contributed by atoms with Crippen LogP contribution in [0.15, 0.2) is 29.2 Å². The average molecular weight is 398 g/mol. The number of carbonyl (C=O) groups excluding carboxylic acids is 2. The van der Waals surface area contributed by atoms with Crippen LogP contribution in [0.2, 0.25) is 0 Å². The van der Waals surface area contributed by atoms with E-state index in [2.05, 4.69) is 19.2 Å². The van der Waals surface area contributed by atoms with Crippen molar-refractivity contribution in [2.45, 2.75) is 25.2 Å². The van der Waals surface area contributed by atoms with Crippen molar-refractivity contribution in [1.29, 1.82) is 0 Å². The summed E-state index contributed by atoms with van der Waals surface area (Å²) in [5.41, 5.74) is 0.186. The second kappa shape index (κ2) is 9.82. The lowest BCUT2D eigenvalue weighted by Crippen LogP contribution is -2.40. The molecule has 0 saturated carbocycles. The van der Waals surface area contributed by atoms with Crippen LogP contribution < -0.4 is 5.32 Å². The maximum Gasteiger partial charge on any atom is 0.338 e. The molecule has 1 N–H and O–H groups in total. The molecule has 1 aliphatic heterocycles. The number of nitrogens with one attached hydrogen (secondary N) is 1. The number of hydrogen-bond acceptors (Lipinski definition) is 6. The van der Waals surface area contributed by atoms with E-state index in [9.17, 15) is 18.0 Å². The predicted octanol–water partition coefficient (Wildman–Crippen LogP) is 1.03. The molecule has 0 unspecified atom stereocenters. The first-order chi connectivity index (χ1) is 12.8. The number of carbonyl (C=O) groups is 2. The van der Waals surface area contributed by atoms with E-state index in [-0.39, 0.29) is 23.0 Å². The number of rotatable bonds is 8. The molecule has 2 rings (SSSR count). The average Bonchev–Trinajstić information content (AvgIpc) is 2.66. The van der Waals surface area contributed by atoms with Crippen molar-refractivity contribution in [3.05, 3.63) is 29.8 Å². The van der Waals surface area contributed by atoms with Crippen molar-refractivity contribution < 1.29 is 27.5 Å². The molecule has 1 aliphatic rings. The van der Waals surface area contributed by atoms with E-state index in [0.717, 1.165) is 6.42 Å². The standard InChI is InChI=1S/C18H26N2O6S/c1-14(2)7-8-19-17(21)13-26-18(22)15-3-5-16(6-4-15)27(23,24)20-9-11-25-12-10-20/h3-6,14H,7-13H2,1-2H3,(H,19,21). The molecule has 0 radical (unpaired) electrons. The number of esters is 1. The normalized spacial score (nSPS) is 15.5. The molecule has 0 spiro atoms. The molecule has 1 fully saturated rings. The summed E-state index contributed by atoms with van der Waals surface area (Å²) < 4.78 is 36.5. The Kier molecular flexibility index (Phi) is 7.76. The number of hydrogen-bond donors (Lipinski definition) is 1. The quantitative estimate of drug-likeness (QED) is 0.656. The van der Waals surface area contributed by atoms with Gasteiger partial charge in [-0.2, -0.15) is 4.31 Å². The van der Waals surface area contributed by atoms with Gasteiger partial charge in [0.25, 0.3) is 5.91 Å². The second-order valence-electron chi connectivity index (χ2n) is 6.65. The highest BCUT2D eigenvalue weighted by molar-refractivity contribution is 7.89. The van der Waals surface area contributed by atoms with Crippen LogP contribution in [0, 0.1) is 5.92 Å². The molecule has 1 aromatic rings. The molecule has 0 atom stereocenters. The van der Waals surface area contributed by atoms with Gasteiger partial charge in [-0.05, 0) is 36.6 Å². The first-order valence-corrected chi connectivity index (χ1v) is 10.4. The third kappa shape index (κ3) is 6.30. The summed E-state index contributed by atoms with van der Waals surface area (Å²) in [5.74, 6) is -0.569. The molecule has 0 aromatic heterocycles. The zero-order valence-corrected chi connectivity index (χ0v) is 16.5. The fraction of sp³-hybridized carbons (Fsp3) is 0.556. The van der Waals surface area contributed by atoms with Gasteiger partial charge in [-0.15, -0.1) is 0 Å². The number of amides is 1. The van der Waals surface area contributed by atoms with Crippen molar-refractivity contribution in [1.82, 2.24) is 9.62 Å². The molecular formula is C18H26N2O6S. The molecule has 1 saturated heterocycles. The van der Waals surface area contributed by atoms with Crippen molar-refractivity contribution in [2.24, 2.45) is 5.92 Å². The number of sulfonamides is 1. The van der Waals surface area contributed by atoms with E-state index in [4.69, 9.17) is 9.47 Å². The summed E-state index contributed by atoms with van der Waals surface area (Å²) in [5, 5.41) is 2.67. The van der Waals surface area contributed by atoms with Gasteiger partial charge in [0.15, 0.2) is 6.61 Å². The van der Waals surface area contributed by atoms with Gasteiger partial charge in [0, 0.05) is 19.6 Å².